The van der Waals surface area contributed by atoms with Crippen LogP contribution in [-0.4, -0.2) is 16.6 Å². The molecule has 0 aliphatic heterocycles. The average molecular weight is 324 g/mol. The minimum Gasteiger partial charge on any atom is -0.456 e. The molecule has 3 rings (SSSR count). The van der Waals surface area contributed by atoms with Crippen LogP contribution in [0.25, 0.3) is 22.0 Å². The van der Waals surface area contributed by atoms with E-state index in [1.165, 1.54) is 0 Å². The third-order valence-electron chi connectivity index (χ3n) is 4.11. The highest BCUT2D eigenvalue weighted by Crippen LogP contribution is 2.40. The van der Waals surface area contributed by atoms with Crippen LogP contribution in [0.1, 0.15) is 52.3 Å². The molecule has 0 spiro atoms. The Hall–Kier alpha value is -2.36. The summed E-state index contributed by atoms with van der Waals surface area (Å²) in [4.78, 5) is 17.2. The molecule has 0 saturated carbocycles. The van der Waals surface area contributed by atoms with Crippen molar-refractivity contribution in [1.82, 2.24) is 4.98 Å². The van der Waals surface area contributed by atoms with Gasteiger partial charge in [-0.3, -0.25) is 4.98 Å². The first-order valence-corrected chi connectivity index (χ1v) is 8.21. The van der Waals surface area contributed by atoms with Crippen LogP contribution < -0.4 is 5.73 Å². The Morgan fingerprint density at radius 2 is 1.88 bits per heavy atom. The van der Waals surface area contributed by atoms with Gasteiger partial charge in [-0.1, -0.05) is 39.0 Å². The van der Waals surface area contributed by atoms with Crippen LogP contribution in [0, 0.1) is 5.41 Å². The molecule has 2 N–H and O–H groups in total. The number of carbonyl (C=O) groups is 1. The van der Waals surface area contributed by atoms with Gasteiger partial charge in [0.05, 0.1) is 17.0 Å². The van der Waals surface area contributed by atoms with E-state index in [-0.39, 0.29) is 11.4 Å². The SMILES string of the molecule is CC(C)(C)CC(C)(C)OC(=O)C1=C(N)c2nccc3cccc1c23. The number of nitrogens with zero attached hydrogens (tertiary/aromatic N) is 1. The summed E-state index contributed by atoms with van der Waals surface area (Å²) in [5.41, 5.74) is 8.04. The van der Waals surface area contributed by atoms with Gasteiger partial charge < -0.3 is 10.5 Å². The van der Waals surface area contributed by atoms with E-state index in [9.17, 15) is 4.79 Å². The van der Waals surface area contributed by atoms with Crippen molar-refractivity contribution in [1.29, 1.82) is 0 Å². The number of carbonyl (C=O) groups excluding carboxylic acids is 1. The van der Waals surface area contributed by atoms with E-state index in [1.807, 2.05) is 38.1 Å². The fraction of sp³-hybridized carbons (Fsp3) is 0.400. The van der Waals surface area contributed by atoms with E-state index in [0.717, 1.165) is 22.8 Å². The molecule has 1 aromatic heterocycles. The number of pyridine rings is 1. The summed E-state index contributed by atoms with van der Waals surface area (Å²) in [5, 5.41) is 1.95. The van der Waals surface area contributed by atoms with Crippen LogP contribution in [0.15, 0.2) is 30.5 Å². The maximum Gasteiger partial charge on any atom is 0.341 e. The molecule has 4 nitrogen and oxygen atoms in total. The second kappa shape index (κ2) is 5.33. The lowest BCUT2D eigenvalue weighted by atomic mass is 9.83. The van der Waals surface area contributed by atoms with Gasteiger partial charge in [0.25, 0.3) is 0 Å². The van der Waals surface area contributed by atoms with Crippen molar-refractivity contribution in [2.24, 2.45) is 11.1 Å². The number of hydrogen-bond donors (Lipinski definition) is 1. The number of ether oxygens (including phenoxy) is 1. The first-order valence-electron chi connectivity index (χ1n) is 8.21. The van der Waals surface area contributed by atoms with Crippen LogP contribution in [0.5, 0.6) is 0 Å². The van der Waals surface area contributed by atoms with Gasteiger partial charge in [0.2, 0.25) is 0 Å². The molecule has 0 saturated heterocycles. The Morgan fingerprint density at radius 3 is 2.54 bits per heavy atom. The van der Waals surface area contributed by atoms with E-state index in [1.54, 1.807) is 6.20 Å². The fourth-order valence-electron chi connectivity index (χ4n) is 3.74. The number of benzene rings is 1. The third kappa shape index (κ3) is 2.88. The number of esters is 1. The predicted molar refractivity (Wildman–Crippen MR) is 97.0 cm³/mol. The molecule has 0 amide bonds. The van der Waals surface area contributed by atoms with E-state index in [0.29, 0.717) is 17.0 Å². The summed E-state index contributed by atoms with van der Waals surface area (Å²) >= 11 is 0. The van der Waals surface area contributed by atoms with Gasteiger partial charge in [0, 0.05) is 17.1 Å². The normalized spacial score (nSPS) is 14.4. The summed E-state index contributed by atoms with van der Waals surface area (Å²) in [5.74, 6) is -0.382. The molecule has 0 bridgehead atoms. The second-order valence-corrected chi connectivity index (χ2v) is 8.24. The smallest absolute Gasteiger partial charge is 0.341 e. The second-order valence-electron chi connectivity index (χ2n) is 8.24. The Balaban J connectivity index is 1.98. The van der Waals surface area contributed by atoms with E-state index in [2.05, 4.69) is 25.8 Å². The van der Waals surface area contributed by atoms with Crippen molar-refractivity contribution in [2.75, 3.05) is 0 Å². The van der Waals surface area contributed by atoms with E-state index in [4.69, 9.17) is 10.5 Å². The van der Waals surface area contributed by atoms with Crippen LogP contribution >= 0.6 is 0 Å². The molecule has 0 fully saturated rings. The maximum absolute atomic E-state index is 12.9. The van der Waals surface area contributed by atoms with Gasteiger partial charge in [-0.25, -0.2) is 4.79 Å². The van der Waals surface area contributed by atoms with E-state index >= 15 is 0 Å². The van der Waals surface area contributed by atoms with Crippen molar-refractivity contribution in [3.8, 4) is 0 Å². The average Bonchev–Trinajstić information content (AvgIpc) is 2.71. The highest BCUT2D eigenvalue weighted by atomic mass is 16.6. The lowest BCUT2D eigenvalue weighted by Gasteiger charge is -2.32. The lowest BCUT2D eigenvalue weighted by Crippen LogP contribution is -2.33. The van der Waals surface area contributed by atoms with Gasteiger partial charge in [0.1, 0.15) is 5.60 Å². The van der Waals surface area contributed by atoms with Crippen molar-refractivity contribution in [3.05, 3.63) is 41.7 Å². The first kappa shape index (κ1) is 16.5. The fourth-order valence-corrected chi connectivity index (χ4v) is 3.74. The minimum atomic E-state index is -0.571. The molecule has 0 radical (unpaired) electrons. The minimum absolute atomic E-state index is 0.0594. The van der Waals surface area contributed by atoms with Gasteiger partial charge >= 0.3 is 5.97 Å². The highest BCUT2D eigenvalue weighted by Gasteiger charge is 2.34. The van der Waals surface area contributed by atoms with Crippen LogP contribution in [0.2, 0.25) is 0 Å². The summed E-state index contributed by atoms with van der Waals surface area (Å²) in [6, 6.07) is 7.75. The predicted octanol–water partition coefficient (Wildman–Crippen LogP) is 4.13. The Morgan fingerprint density at radius 1 is 1.17 bits per heavy atom. The lowest BCUT2D eigenvalue weighted by molar-refractivity contribution is -0.151. The molecule has 1 aliphatic carbocycles. The Labute approximate surface area is 142 Å². The van der Waals surface area contributed by atoms with Crippen LogP contribution in [-0.2, 0) is 9.53 Å². The molecule has 24 heavy (non-hydrogen) atoms. The monoisotopic (exact) mass is 324 g/mol. The summed E-state index contributed by atoms with van der Waals surface area (Å²) in [6.07, 6.45) is 2.47. The molecular weight excluding hydrogens is 300 g/mol. The molecule has 0 atom stereocenters. The van der Waals surface area contributed by atoms with Gasteiger partial charge in [0.15, 0.2) is 0 Å². The number of rotatable bonds is 3. The molecule has 1 heterocycles. The quantitative estimate of drug-likeness (QED) is 0.862. The third-order valence-corrected chi connectivity index (χ3v) is 4.11. The topological polar surface area (TPSA) is 65.2 Å². The summed E-state index contributed by atoms with van der Waals surface area (Å²) < 4.78 is 5.83. The number of hydrogen-bond acceptors (Lipinski definition) is 4. The molecular formula is C20H24N2O2. The summed E-state index contributed by atoms with van der Waals surface area (Å²) in [7, 11) is 0. The molecule has 126 valence electrons. The zero-order chi connectivity index (χ0) is 17.7. The van der Waals surface area contributed by atoms with Crippen LogP contribution in [0.3, 0.4) is 0 Å². The van der Waals surface area contributed by atoms with Gasteiger partial charge in [-0.2, -0.15) is 0 Å². The molecule has 4 heteroatoms. The van der Waals surface area contributed by atoms with E-state index < -0.39 is 5.60 Å². The zero-order valence-corrected chi connectivity index (χ0v) is 14.9. The van der Waals surface area contributed by atoms with Crippen molar-refractivity contribution < 1.29 is 9.53 Å². The number of aromatic nitrogens is 1. The Kier molecular flexibility index (Phi) is 3.67. The molecule has 0 unspecified atom stereocenters. The first-order chi connectivity index (χ1) is 11.1. The van der Waals surface area contributed by atoms with Crippen LogP contribution in [0.4, 0.5) is 0 Å². The van der Waals surface area contributed by atoms with Crippen molar-refractivity contribution in [2.45, 2.75) is 46.6 Å². The summed E-state index contributed by atoms with van der Waals surface area (Å²) in [6.45, 7) is 10.3. The highest BCUT2D eigenvalue weighted by molar-refractivity contribution is 6.31. The standard InChI is InChI=1S/C20H24N2O2/c1-19(2,3)11-20(4,5)24-18(23)15-13-8-6-7-12-9-10-22-17(14(12)13)16(15)21/h6-10H,11,21H2,1-5H3. The maximum atomic E-state index is 12.9. The van der Waals surface area contributed by atoms with Crippen molar-refractivity contribution >= 4 is 28.0 Å². The number of nitrogens with two attached hydrogens (primary N) is 1. The Bertz CT molecular complexity index is 852. The largest absolute Gasteiger partial charge is 0.456 e. The zero-order valence-electron chi connectivity index (χ0n) is 14.9. The molecule has 1 aromatic carbocycles. The van der Waals surface area contributed by atoms with Gasteiger partial charge in [-0.05, 0) is 37.1 Å². The molecule has 1 aliphatic rings. The van der Waals surface area contributed by atoms with Crippen molar-refractivity contribution in [3.63, 3.8) is 0 Å². The van der Waals surface area contributed by atoms with Gasteiger partial charge in [-0.15, -0.1) is 0 Å². The molecule has 2 aromatic rings.